The standard InChI is InChI=1S/C13H16N2O/c1-11(16)7-13-8-14-15(10-13)9-12-5-3-2-4-6-12/h2-6,8,10-11,16H,7,9H2,1H3/t11-/m0/s1. The van der Waals surface area contributed by atoms with Crippen LogP contribution in [0.3, 0.4) is 0 Å². The maximum absolute atomic E-state index is 9.27. The van der Waals surface area contributed by atoms with Crippen LogP contribution < -0.4 is 0 Å². The molecule has 2 rings (SSSR count). The van der Waals surface area contributed by atoms with Crippen LogP contribution in [0.5, 0.6) is 0 Å². The minimum Gasteiger partial charge on any atom is -0.393 e. The van der Waals surface area contributed by atoms with Gasteiger partial charge in [0.25, 0.3) is 0 Å². The minimum absolute atomic E-state index is 0.311. The molecule has 0 unspecified atom stereocenters. The van der Waals surface area contributed by atoms with Crippen molar-refractivity contribution in [2.24, 2.45) is 0 Å². The lowest BCUT2D eigenvalue weighted by Crippen LogP contribution is -2.03. The normalized spacial score (nSPS) is 12.6. The van der Waals surface area contributed by atoms with Crippen LogP contribution in [0, 0.1) is 0 Å². The summed E-state index contributed by atoms with van der Waals surface area (Å²) in [6, 6.07) is 10.2. The van der Waals surface area contributed by atoms with Crippen molar-refractivity contribution in [3.05, 3.63) is 53.9 Å². The fourth-order valence-corrected chi connectivity index (χ4v) is 1.71. The highest BCUT2D eigenvalue weighted by Gasteiger charge is 2.02. The molecule has 3 nitrogen and oxygen atoms in total. The Morgan fingerprint density at radius 1 is 1.25 bits per heavy atom. The minimum atomic E-state index is -0.311. The van der Waals surface area contributed by atoms with Crippen LogP contribution in [-0.4, -0.2) is 21.0 Å². The summed E-state index contributed by atoms with van der Waals surface area (Å²) < 4.78 is 1.90. The van der Waals surface area contributed by atoms with E-state index in [1.807, 2.05) is 35.3 Å². The van der Waals surface area contributed by atoms with Crippen molar-refractivity contribution in [2.45, 2.75) is 26.0 Å². The molecule has 1 heterocycles. The zero-order valence-corrected chi connectivity index (χ0v) is 9.37. The van der Waals surface area contributed by atoms with E-state index < -0.39 is 0 Å². The van der Waals surface area contributed by atoms with Gasteiger partial charge in [-0.2, -0.15) is 5.10 Å². The van der Waals surface area contributed by atoms with Crippen molar-refractivity contribution < 1.29 is 5.11 Å². The zero-order valence-electron chi connectivity index (χ0n) is 9.37. The van der Waals surface area contributed by atoms with Crippen molar-refractivity contribution in [1.82, 2.24) is 9.78 Å². The summed E-state index contributed by atoms with van der Waals surface area (Å²) in [5.74, 6) is 0. The Balaban J connectivity index is 2.03. The molecule has 1 N–H and O–H groups in total. The first-order chi connectivity index (χ1) is 7.74. The average Bonchev–Trinajstić information content (AvgIpc) is 2.66. The van der Waals surface area contributed by atoms with E-state index in [0.29, 0.717) is 6.42 Å². The van der Waals surface area contributed by atoms with E-state index in [1.165, 1.54) is 5.56 Å². The van der Waals surface area contributed by atoms with Crippen molar-refractivity contribution in [1.29, 1.82) is 0 Å². The molecule has 0 aliphatic rings. The molecule has 16 heavy (non-hydrogen) atoms. The van der Waals surface area contributed by atoms with Gasteiger partial charge in [-0.25, -0.2) is 0 Å². The SMILES string of the molecule is C[C@H](O)Cc1cnn(Cc2ccccc2)c1. The van der Waals surface area contributed by atoms with Gasteiger partial charge in [-0.15, -0.1) is 0 Å². The first-order valence-electron chi connectivity index (χ1n) is 5.47. The predicted octanol–water partition coefficient (Wildman–Crippen LogP) is 1.85. The van der Waals surface area contributed by atoms with Crippen molar-refractivity contribution in [2.75, 3.05) is 0 Å². The van der Waals surface area contributed by atoms with Gasteiger partial charge in [0.05, 0.1) is 18.8 Å². The number of aliphatic hydroxyl groups is 1. The van der Waals surface area contributed by atoms with Crippen LogP contribution in [0.2, 0.25) is 0 Å². The second kappa shape index (κ2) is 4.94. The number of hydrogen-bond donors (Lipinski definition) is 1. The first-order valence-corrected chi connectivity index (χ1v) is 5.47. The number of rotatable bonds is 4. The van der Waals surface area contributed by atoms with Crippen LogP contribution in [0.1, 0.15) is 18.1 Å². The Kier molecular flexibility index (Phi) is 3.37. The smallest absolute Gasteiger partial charge is 0.0659 e. The highest BCUT2D eigenvalue weighted by atomic mass is 16.3. The lowest BCUT2D eigenvalue weighted by Gasteiger charge is -2.01. The Hall–Kier alpha value is -1.61. The third-order valence-corrected chi connectivity index (χ3v) is 2.41. The van der Waals surface area contributed by atoms with Crippen LogP contribution in [0.25, 0.3) is 0 Å². The zero-order chi connectivity index (χ0) is 11.4. The third-order valence-electron chi connectivity index (χ3n) is 2.41. The quantitative estimate of drug-likeness (QED) is 0.847. The van der Waals surface area contributed by atoms with Gasteiger partial charge in [-0.1, -0.05) is 30.3 Å². The topological polar surface area (TPSA) is 38.1 Å². The molecule has 3 heteroatoms. The van der Waals surface area contributed by atoms with Gasteiger partial charge in [0.15, 0.2) is 0 Å². The van der Waals surface area contributed by atoms with Crippen LogP contribution in [-0.2, 0) is 13.0 Å². The Bertz CT molecular complexity index is 434. The van der Waals surface area contributed by atoms with Gasteiger partial charge in [0, 0.05) is 12.6 Å². The summed E-state index contributed by atoms with van der Waals surface area (Å²) >= 11 is 0. The fourth-order valence-electron chi connectivity index (χ4n) is 1.71. The molecule has 0 aliphatic carbocycles. The molecular weight excluding hydrogens is 200 g/mol. The highest BCUT2D eigenvalue weighted by molar-refractivity contribution is 5.15. The number of hydrogen-bond acceptors (Lipinski definition) is 2. The maximum atomic E-state index is 9.27. The molecule has 0 aliphatic heterocycles. The molecule has 0 amide bonds. The largest absolute Gasteiger partial charge is 0.393 e. The van der Waals surface area contributed by atoms with Crippen LogP contribution in [0.4, 0.5) is 0 Å². The van der Waals surface area contributed by atoms with Crippen LogP contribution >= 0.6 is 0 Å². The molecule has 0 saturated carbocycles. The molecular formula is C13H16N2O. The van der Waals surface area contributed by atoms with Gasteiger partial charge < -0.3 is 5.11 Å². The average molecular weight is 216 g/mol. The van der Waals surface area contributed by atoms with E-state index in [9.17, 15) is 5.11 Å². The van der Waals surface area contributed by atoms with Gasteiger partial charge in [-0.3, -0.25) is 4.68 Å². The highest BCUT2D eigenvalue weighted by Crippen LogP contribution is 2.05. The fraction of sp³-hybridized carbons (Fsp3) is 0.308. The number of nitrogens with zero attached hydrogens (tertiary/aromatic N) is 2. The molecule has 0 saturated heterocycles. The van der Waals surface area contributed by atoms with E-state index in [1.54, 1.807) is 6.92 Å². The molecule has 84 valence electrons. The predicted molar refractivity (Wildman–Crippen MR) is 63.2 cm³/mol. The van der Waals surface area contributed by atoms with E-state index in [4.69, 9.17) is 0 Å². The molecule has 2 aromatic rings. The molecule has 1 aromatic carbocycles. The van der Waals surface area contributed by atoms with Gasteiger partial charge in [0.1, 0.15) is 0 Å². The van der Waals surface area contributed by atoms with Gasteiger partial charge in [-0.05, 0) is 18.1 Å². The number of benzene rings is 1. The molecule has 0 fully saturated rings. The van der Waals surface area contributed by atoms with Crippen LogP contribution in [0.15, 0.2) is 42.7 Å². The van der Waals surface area contributed by atoms with Gasteiger partial charge in [0.2, 0.25) is 0 Å². The van der Waals surface area contributed by atoms with Crippen molar-refractivity contribution >= 4 is 0 Å². The summed E-state index contributed by atoms with van der Waals surface area (Å²) in [5.41, 5.74) is 2.31. The maximum Gasteiger partial charge on any atom is 0.0659 e. The second-order valence-corrected chi connectivity index (χ2v) is 4.08. The Morgan fingerprint density at radius 3 is 2.69 bits per heavy atom. The summed E-state index contributed by atoms with van der Waals surface area (Å²) in [7, 11) is 0. The van der Waals surface area contributed by atoms with Crippen molar-refractivity contribution in [3.63, 3.8) is 0 Å². The monoisotopic (exact) mass is 216 g/mol. The van der Waals surface area contributed by atoms with E-state index >= 15 is 0 Å². The molecule has 0 bridgehead atoms. The lowest BCUT2D eigenvalue weighted by molar-refractivity contribution is 0.195. The molecule has 0 spiro atoms. The van der Waals surface area contributed by atoms with E-state index in [-0.39, 0.29) is 6.10 Å². The van der Waals surface area contributed by atoms with E-state index in [2.05, 4.69) is 17.2 Å². The summed E-state index contributed by atoms with van der Waals surface area (Å²) in [4.78, 5) is 0. The Morgan fingerprint density at radius 2 is 2.00 bits per heavy atom. The lowest BCUT2D eigenvalue weighted by atomic mass is 10.2. The summed E-state index contributed by atoms with van der Waals surface area (Å²) in [6.07, 6.45) is 4.15. The van der Waals surface area contributed by atoms with Gasteiger partial charge >= 0.3 is 0 Å². The molecule has 1 aromatic heterocycles. The second-order valence-electron chi connectivity index (χ2n) is 4.08. The van der Waals surface area contributed by atoms with E-state index in [0.717, 1.165) is 12.1 Å². The number of aliphatic hydroxyl groups excluding tert-OH is 1. The summed E-state index contributed by atoms with van der Waals surface area (Å²) in [6.45, 7) is 2.56. The first kappa shape index (κ1) is 10.9. The Labute approximate surface area is 95.3 Å². The third kappa shape index (κ3) is 2.94. The molecule has 0 radical (unpaired) electrons. The summed E-state index contributed by atoms with van der Waals surface area (Å²) in [5, 5.41) is 13.5. The molecule has 1 atom stereocenters. The van der Waals surface area contributed by atoms with Crippen molar-refractivity contribution in [3.8, 4) is 0 Å². The number of aromatic nitrogens is 2.